The van der Waals surface area contributed by atoms with Gasteiger partial charge >= 0.3 is 5.97 Å². The smallest absolute Gasteiger partial charge is 0.343 e. The first-order valence-corrected chi connectivity index (χ1v) is 11.0. The Morgan fingerprint density at radius 1 is 0.742 bits per heavy atom. The second kappa shape index (κ2) is 12.8. The van der Waals surface area contributed by atoms with Crippen LogP contribution in [0.4, 0.5) is 4.39 Å². The van der Waals surface area contributed by atoms with E-state index in [0.717, 1.165) is 11.1 Å². The summed E-state index contributed by atoms with van der Waals surface area (Å²) in [5, 5.41) is 0. The lowest BCUT2D eigenvalue weighted by atomic mass is 10.1. The number of rotatable bonds is 4. The van der Waals surface area contributed by atoms with Crippen molar-refractivity contribution in [3.05, 3.63) is 84.2 Å². The van der Waals surface area contributed by atoms with Crippen LogP contribution in [0, 0.1) is 5.82 Å². The molecule has 0 heterocycles. The zero-order valence-corrected chi connectivity index (χ0v) is 19.9. The fourth-order valence-electron chi connectivity index (χ4n) is 2.54. The third kappa shape index (κ3) is 8.85. The number of halogens is 1. The molecule has 0 amide bonds. The molecular weight excluding hydrogens is 411 g/mol. The molecule has 0 saturated heterocycles. The van der Waals surface area contributed by atoms with Crippen molar-refractivity contribution in [3.8, 4) is 22.6 Å². The van der Waals surface area contributed by atoms with Gasteiger partial charge in [0.25, 0.3) is 0 Å². The second-order valence-electron chi connectivity index (χ2n) is 7.16. The van der Waals surface area contributed by atoms with Crippen molar-refractivity contribution < 1.29 is 18.7 Å². The van der Waals surface area contributed by atoms with E-state index in [0.29, 0.717) is 17.1 Å². The topological polar surface area (TPSA) is 35.5 Å². The highest BCUT2D eigenvalue weighted by atomic mass is 32.1. The quantitative estimate of drug-likeness (QED) is 0.259. The normalized spacial score (nSPS) is 10.1. The van der Waals surface area contributed by atoms with Crippen LogP contribution in [-0.2, 0) is 0 Å². The summed E-state index contributed by atoms with van der Waals surface area (Å²) in [6.45, 7) is 9.89. The molecule has 3 nitrogen and oxygen atoms in total. The van der Waals surface area contributed by atoms with E-state index in [4.69, 9.17) is 9.47 Å². The van der Waals surface area contributed by atoms with Gasteiger partial charge in [0.1, 0.15) is 22.9 Å². The van der Waals surface area contributed by atoms with Crippen LogP contribution in [-0.4, -0.2) is 17.8 Å². The first-order chi connectivity index (χ1) is 14.8. The Balaban J connectivity index is 0.00000113. The lowest BCUT2D eigenvalue weighted by molar-refractivity contribution is 0.0734. The maximum absolute atomic E-state index is 13.0. The van der Waals surface area contributed by atoms with Crippen molar-refractivity contribution in [3.63, 3.8) is 0 Å². The van der Waals surface area contributed by atoms with Gasteiger partial charge in [-0.15, -0.1) is 0 Å². The van der Waals surface area contributed by atoms with Crippen LogP contribution in [0.5, 0.6) is 11.5 Å². The van der Waals surface area contributed by atoms with Crippen LogP contribution in [0.15, 0.2) is 72.8 Å². The summed E-state index contributed by atoms with van der Waals surface area (Å²) in [5.41, 5.74) is 1.95. The molecule has 0 atom stereocenters. The highest BCUT2D eigenvalue weighted by Gasteiger charge is 2.13. The largest absolute Gasteiger partial charge is 0.488 e. The van der Waals surface area contributed by atoms with Gasteiger partial charge < -0.3 is 9.47 Å². The number of benzene rings is 3. The van der Waals surface area contributed by atoms with Crippen molar-refractivity contribution in [2.45, 2.75) is 40.2 Å². The van der Waals surface area contributed by atoms with E-state index in [2.05, 4.69) is 12.6 Å². The van der Waals surface area contributed by atoms with Crippen molar-refractivity contribution in [1.82, 2.24) is 0 Å². The van der Waals surface area contributed by atoms with E-state index in [9.17, 15) is 9.18 Å². The molecule has 31 heavy (non-hydrogen) atoms. The average molecular weight is 443 g/mol. The lowest BCUT2D eigenvalue weighted by Crippen LogP contribution is -2.22. The Morgan fingerprint density at radius 2 is 1.16 bits per heavy atom. The molecule has 0 aliphatic carbocycles. The number of hydrogen-bond acceptors (Lipinski definition) is 4. The van der Waals surface area contributed by atoms with E-state index in [1.165, 1.54) is 12.1 Å². The molecule has 0 saturated carbocycles. The predicted octanol–water partition coefficient (Wildman–Crippen LogP) is 7.46. The molecule has 0 N–H and O–H groups in total. The zero-order valence-electron chi connectivity index (χ0n) is 19.0. The maximum atomic E-state index is 13.0. The first kappa shape index (κ1) is 26.2. The van der Waals surface area contributed by atoms with Gasteiger partial charge in [0.05, 0.1) is 5.56 Å². The Kier molecular flexibility index (Phi) is 10.8. The lowest BCUT2D eigenvalue weighted by Gasteiger charge is -2.21. The van der Waals surface area contributed by atoms with E-state index in [1.807, 2.05) is 46.8 Å². The molecule has 0 radical (unpaired) electrons. The number of esters is 1. The molecule has 5 heteroatoms. The van der Waals surface area contributed by atoms with Gasteiger partial charge in [-0.2, -0.15) is 12.6 Å². The molecule has 0 bridgehead atoms. The Hall–Kier alpha value is -2.79. The van der Waals surface area contributed by atoms with Crippen molar-refractivity contribution in [1.29, 1.82) is 0 Å². The van der Waals surface area contributed by atoms with Crippen LogP contribution in [0.1, 0.15) is 45.0 Å². The second-order valence-corrected chi connectivity index (χ2v) is 7.16. The van der Waals surface area contributed by atoms with Gasteiger partial charge in [-0.05, 0) is 86.7 Å². The van der Waals surface area contributed by atoms with Gasteiger partial charge in [-0.1, -0.05) is 38.1 Å². The molecule has 0 unspecified atom stereocenters. The number of carbonyl (C=O) groups excluding carboxylic acids is 1. The molecule has 3 aromatic rings. The summed E-state index contributed by atoms with van der Waals surface area (Å²) in [5.74, 6) is 0.429. The number of ether oxygens (including phenoxy) is 2. The minimum Gasteiger partial charge on any atom is -0.488 e. The van der Waals surface area contributed by atoms with Crippen molar-refractivity contribution in [2.24, 2.45) is 0 Å². The number of thiol groups is 1. The minimum absolute atomic E-state index is 0.275. The number of hydrogen-bond donors (Lipinski definition) is 1. The fraction of sp³-hybridized carbons (Fsp3) is 0.269. The fourth-order valence-corrected chi connectivity index (χ4v) is 2.54. The predicted molar refractivity (Wildman–Crippen MR) is 130 cm³/mol. The zero-order chi connectivity index (χ0) is 23.4. The van der Waals surface area contributed by atoms with E-state index in [1.54, 1.807) is 54.8 Å². The molecule has 0 aromatic heterocycles. The van der Waals surface area contributed by atoms with Gasteiger partial charge in [-0.3, -0.25) is 0 Å². The Bertz CT molecular complexity index is 913. The van der Waals surface area contributed by atoms with Gasteiger partial charge in [0.15, 0.2) is 0 Å². The highest BCUT2D eigenvalue weighted by Crippen LogP contribution is 2.24. The Labute approximate surface area is 190 Å². The first-order valence-electron chi connectivity index (χ1n) is 10.1. The van der Waals surface area contributed by atoms with Gasteiger partial charge in [-0.25, -0.2) is 9.18 Å². The third-order valence-electron chi connectivity index (χ3n) is 3.76. The average Bonchev–Trinajstić information content (AvgIpc) is 2.77. The molecular formula is C26H31FO3S. The summed E-state index contributed by atoms with van der Waals surface area (Å²) in [7, 11) is 0. The molecule has 3 aromatic carbocycles. The van der Waals surface area contributed by atoms with E-state index < -0.39 is 5.97 Å². The molecule has 0 aliphatic heterocycles. The van der Waals surface area contributed by atoms with Crippen molar-refractivity contribution >= 4 is 18.6 Å². The monoisotopic (exact) mass is 442 g/mol. The van der Waals surface area contributed by atoms with E-state index >= 15 is 0 Å². The van der Waals surface area contributed by atoms with E-state index in [-0.39, 0.29) is 11.4 Å². The molecule has 0 aliphatic rings. The minimum atomic E-state index is -0.438. The maximum Gasteiger partial charge on any atom is 0.343 e. The summed E-state index contributed by atoms with van der Waals surface area (Å²) in [6.07, 6.45) is 1.69. The molecule has 0 fully saturated rings. The van der Waals surface area contributed by atoms with Crippen LogP contribution >= 0.6 is 12.6 Å². The van der Waals surface area contributed by atoms with Crippen molar-refractivity contribution in [2.75, 3.05) is 6.26 Å². The van der Waals surface area contributed by atoms with Crippen LogP contribution in [0.3, 0.4) is 0 Å². The SMILES string of the molecule is CC.CC(C)(C)Oc1ccc(C(=O)Oc2ccc(-c3ccc(F)cc3)cc2)cc1.CS. The summed E-state index contributed by atoms with van der Waals surface area (Å²) in [4.78, 5) is 12.3. The summed E-state index contributed by atoms with van der Waals surface area (Å²) < 4.78 is 24.2. The third-order valence-corrected chi connectivity index (χ3v) is 3.76. The highest BCUT2D eigenvalue weighted by molar-refractivity contribution is 7.79. The van der Waals surface area contributed by atoms with Crippen LogP contribution in [0.2, 0.25) is 0 Å². The molecule has 0 spiro atoms. The molecule has 3 rings (SSSR count). The summed E-state index contributed by atoms with van der Waals surface area (Å²) >= 11 is 3.53. The van der Waals surface area contributed by atoms with Crippen LogP contribution < -0.4 is 9.47 Å². The standard InChI is InChI=1S/C23H21FO3.C2H6.CH4S/c1-23(2,3)27-21-14-8-18(9-15-21)22(25)26-20-12-6-17(7-13-20)16-4-10-19(24)11-5-16;2*1-2/h4-15H,1-3H3;1-2H3;2H,1H3. The van der Waals surface area contributed by atoms with Gasteiger partial charge in [0.2, 0.25) is 0 Å². The Morgan fingerprint density at radius 3 is 1.61 bits per heavy atom. The van der Waals surface area contributed by atoms with Crippen LogP contribution in [0.25, 0.3) is 11.1 Å². The summed E-state index contributed by atoms with van der Waals surface area (Å²) in [6, 6.07) is 20.2. The number of carbonyl (C=O) groups is 1. The van der Waals surface area contributed by atoms with Gasteiger partial charge in [0, 0.05) is 0 Å². The molecule has 166 valence electrons.